The monoisotopic (exact) mass is 442 g/mol. The summed E-state index contributed by atoms with van der Waals surface area (Å²) < 4.78 is 30.0. The molecule has 4 rings (SSSR count). The Balaban J connectivity index is 1.65. The van der Waals surface area contributed by atoms with Gasteiger partial charge in [0.05, 0.1) is 13.2 Å². The van der Waals surface area contributed by atoms with Crippen molar-refractivity contribution < 1.29 is 13.9 Å². The third-order valence-corrected chi connectivity index (χ3v) is 5.75. The van der Waals surface area contributed by atoms with Crippen LogP contribution in [0.1, 0.15) is 38.1 Å². The molecule has 170 valence electrons. The highest BCUT2D eigenvalue weighted by atomic mass is 19.1. The molecule has 0 spiro atoms. The number of aromatic nitrogens is 4. The number of halogens is 1. The van der Waals surface area contributed by atoms with Gasteiger partial charge in [-0.05, 0) is 37.6 Å². The molecule has 0 amide bonds. The van der Waals surface area contributed by atoms with Crippen molar-refractivity contribution in [2.45, 2.75) is 45.9 Å². The summed E-state index contributed by atoms with van der Waals surface area (Å²) in [6.07, 6.45) is 4.87. The van der Waals surface area contributed by atoms with E-state index in [2.05, 4.69) is 4.98 Å². The summed E-state index contributed by atoms with van der Waals surface area (Å²) in [5.41, 5.74) is 0.601. The SMILES string of the molecule is CCn1c(=O)c2c(nc(/C=C/c3ccc(OC4CCOCC4)c(F)c3)n2C)n(CC)c1=O. The van der Waals surface area contributed by atoms with Gasteiger partial charge in [-0.2, -0.15) is 0 Å². The zero-order chi connectivity index (χ0) is 22.8. The predicted molar refractivity (Wildman–Crippen MR) is 120 cm³/mol. The molecule has 32 heavy (non-hydrogen) atoms. The van der Waals surface area contributed by atoms with E-state index in [4.69, 9.17) is 9.47 Å². The maximum absolute atomic E-state index is 14.6. The molecule has 1 fully saturated rings. The van der Waals surface area contributed by atoms with Gasteiger partial charge in [-0.3, -0.25) is 13.9 Å². The molecule has 0 atom stereocenters. The zero-order valence-corrected chi connectivity index (χ0v) is 18.5. The molecule has 1 aliphatic heterocycles. The number of aryl methyl sites for hydroxylation is 2. The van der Waals surface area contributed by atoms with E-state index >= 15 is 0 Å². The second-order valence-electron chi connectivity index (χ2n) is 7.73. The molecule has 2 aromatic heterocycles. The lowest BCUT2D eigenvalue weighted by atomic mass is 10.1. The van der Waals surface area contributed by atoms with Gasteiger partial charge in [0.1, 0.15) is 11.9 Å². The van der Waals surface area contributed by atoms with Crippen LogP contribution in [0.2, 0.25) is 0 Å². The Kier molecular flexibility index (Phi) is 6.27. The van der Waals surface area contributed by atoms with Crippen LogP contribution in [0.4, 0.5) is 4.39 Å². The lowest BCUT2D eigenvalue weighted by Gasteiger charge is -2.23. The Hall–Kier alpha value is -3.20. The minimum Gasteiger partial charge on any atom is -0.487 e. The second-order valence-corrected chi connectivity index (χ2v) is 7.73. The van der Waals surface area contributed by atoms with Crippen molar-refractivity contribution in [1.82, 2.24) is 18.7 Å². The number of nitrogens with zero attached hydrogens (tertiary/aromatic N) is 4. The van der Waals surface area contributed by atoms with Crippen molar-refractivity contribution in [2.75, 3.05) is 13.2 Å². The largest absolute Gasteiger partial charge is 0.487 e. The van der Waals surface area contributed by atoms with Gasteiger partial charge >= 0.3 is 5.69 Å². The minimum absolute atomic E-state index is 0.0389. The molecular formula is C23H27FN4O4. The van der Waals surface area contributed by atoms with Crippen LogP contribution in [-0.4, -0.2) is 38.0 Å². The van der Waals surface area contributed by atoms with Crippen LogP contribution in [0.25, 0.3) is 23.3 Å². The average Bonchev–Trinajstić information content (AvgIpc) is 3.11. The van der Waals surface area contributed by atoms with Crippen molar-refractivity contribution in [3.05, 3.63) is 56.2 Å². The van der Waals surface area contributed by atoms with E-state index in [9.17, 15) is 14.0 Å². The van der Waals surface area contributed by atoms with Crippen LogP contribution >= 0.6 is 0 Å². The minimum atomic E-state index is -0.436. The van der Waals surface area contributed by atoms with Crippen molar-refractivity contribution >= 4 is 23.3 Å². The predicted octanol–water partition coefficient (Wildman–Crippen LogP) is 2.80. The summed E-state index contributed by atoms with van der Waals surface area (Å²) in [7, 11) is 1.73. The molecule has 1 saturated heterocycles. The van der Waals surface area contributed by atoms with Crippen LogP contribution in [0.3, 0.4) is 0 Å². The molecule has 1 aliphatic rings. The Morgan fingerprint density at radius 2 is 1.88 bits per heavy atom. The van der Waals surface area contributed by atoms with Gasteiger partial charge in [-0.1, -0.05) is 12.1 Å². The van der Waals surface area contributed by atoms with E-state index in [1.54, 1.807) is 42.8 Å². The van der Waals surface area contributed by atoms with E-state index in [1.165, 1.54) is 15.2 Å². The van der Waals surface area contributed by atoms with E-state index in [0.717, 1.165) is 12.8 Å². The fourth-order valence-electron chi connectivity index (χ4n) is 3.95. The Morgan fingerprint density at radius 1 is 1.16 bits per heavy atom. The summed E-state index contributed by atoms with van der Waals surface area (Å²) in [5, 5.41) is 0. The summed E-state index contributed by atoms with van der Waals surface area (Å²) in [6, 6.07) is 4.79. The second kappa shape index (κ2) is 9.12. The fraction of sp³-hybridized carbons (Fsp3) is 0.435. The van der Waals surface area contributed by atoms with Crippen molar-refractivity contribution in [1.29, 1.82) is 0 Å². The van der Waals surface area contributed by atoms with Gasteiger partial charge < -0.3 is 14.0 Å². The Labute approximate surface area is 184 Å². The lowest BCUT2D eigenvalue weighted by molar-refractivity contribution is 0.0240. The highest BCUT2D eigenvalue weighted by Gasteiger charge is 2.19. The van der Waals surface area contributed by atoms with E-state index < -0.39 is 5.82 Å². The highest BCUT2D eigenvalue weighted by Crippen LogP contribution is 2.23. The molecule has 0 radical (unpaired) electrons. The normalized spacial score (nSPS) is 15.1. The molecule has 8 nitrogen and oxygen atoms in total. The van der Waals surface area contributed by atoms with Crippen LogP contribution in [0.5, 0.6) is 5.75 Å². The van der Waals surface area contributed by atoms with Gasteiger partial charge in [0.2, 0.25) is 0 Å². The number of hydrogen-bond acceptors (Lipinski definition) is 5. The maximum Gasteiger partial charge on any atom is 0.332 e. The van der Waals surface area contributed by atoms with Crippen molar-refractivity contribution in [3.8, 4) is 5.75 Å². The first-order chi connectivity index (χ1) is 15.4. The lowest BCUT2D eigenvalue weighted by Crippen LogP contribution is -2.39. The molecule has 0 aliphatic carbocycles. The van der Waals surface area contributed by atoms with Crippen LogP contribution < -0.4 is 16.0 Å². The topological polar surface area (TPSA) is 80.3 Å². The summed E-state index contributed by atoms with van der Waals surface area (Å²) in [4.78, 5) is 29.9. The van der Waals surface area contributed by atoms with Crippen molar-refractivity contribution in [3.63, 3.8) is 0 Å². The first-order valence-corrected chi connectivity index (χ1v) is 10.9. The molecule has 9 heteroatoms. The first-order valence-electron chi connectivity index (χ1n) is 10.9. The number of imidazole rings is 1. The molecule has 1 aromatic carbocycles. The van der Waals surface area contributed by atoms with Crippen molar-refractivity contribution in [2.24, 2.45) is 7.05 Å². The smallest absolute Gasteiger partial charge is 0.332 e. The maximum atomic E-state index is 14.6. The number of benzene rings is 1. The standard InChI is InChI=1S/C23H27FN4O4/c1-4-27-21-20(22(29)28(5-2)23(27)30)26(3)19(25-21)9-7-15-6-8-18(17(24)14-15)32-16-10-12-31-13-11-16/h6-9,14,16H,4-5,10-13H2,1-3H3/b9-7+. The number of rotatable bonds is 6. The van der Waals surface area contributed by atoms with Gasteiger partial charge in [-0.25, -0.2) is 14.2 Å². The van der Waals surface area contributed by atoms with E-state index in [1.807, 2.05) is 6.92 Å². The highest BCUT2D eigenvalue weighted by molar-refractivity contribution is 5.76. The third-order valence-electron chi connectivity index (χ3n) is 5.75. The molecule has 3 heterocycles. The molecular weight excluding hydrogens is 415 g/mol. The van der Waals surface area contributed by atoms with Gasteiger partial charge in [0.25, 0.3) is 5.56 Å². The van der Waals surface area contributed by atoms with Crippen LogP contribution in [0, 0.1) is 5.82 Å². The molecule has 0 unspecified atom stereocenters. The van der Waals surface area contributed by atoms with Gasteiger partial charge in [0.15, 0.2) is 22.7 Å². The van der Waals surface area contributed by atoms with Crippen LogP contribution in [0.15, 0.2) is 27.8 Å². The van der Waals surface area contributed by atoms with Gasteiger partial charge in [-0.15, -0.1) is 0 Å². The van der Waals surface area contributed by atoms with Crippen LogP contribution in [-0.2, 0) is 24.9 Å². The number of ether oxygens (including phenoxy) is 2. The van der Waals surface area contributed by atoms with Gasteiger partial charge in [0, 0.05) is 33.0 Å². The number of hydrogen-bond donors (Lipinski definition) is 0. The molecule has 0 bridgehead atoms. The Morgan fingerprint density at radius 3 is 2.53 bits per heavy atom. The van der Waals surface area contributed by atoms with E-state index in [0.29, 0.717) is 42.3 Å². The third kappa shape index (κ3) is 4.00. The summed E-state index contributed by atoms with van der Waals surface area (Å²) in [6.45, 7) is 5.53. The summed E-state index contributed by atoms with van der Waals surface area (Å²) in [5.74, 6) is 0.286. The molecule has 0 saturated carbocycles. The fourth-order valence-corrected chi connectivity index (χ4v) is 3.95. The molecule has 3 aromatic rings. The quantitative estimate of drug-likeness (QED) is 0.587. The zero-order valence-electron chi connectivity index (χ0n) is 18.5. The average molecular weight is 442 g/mol. The summed E-state index contributed by atoms with van der Waals surface area (Å²) >= 11 is 0. The molecule has 0 N–H and O–H groups in total. The number of fused-ring (bicyclic) bond motifs is 1. The first kappa shape index (κ1) is 22.0. The van der Waals surface area contributed by atoms with E-state index in [-0.39, 0.29) is 29.6 Å². The Bertz CT molecular complexity index is 1280.